The number of fused-ring (bicyclic) bond motifs is 2. The minimum Gasteiger partial charge on any atom is -0.508 e. The third-order valence-electron chi connectivity index (χ3n) is 7.86. The Balaban J connectivity index is 2.03. The van der Waals surface area contributed by atoms with Gasteiger partial charge in [0.1, 0.15) is 11.5 Å². The topological polar surface area (TPSA) is 74.6 Å². The molecule has 0 radical (unpaired) electrons. The summed E-state index contributed by atoms with van der Waals surface area (Å²) in [7, 11) is 0. The van der Waals surface area contributed by atoms with Gasteiger partial charge in [0.15, 0.2) is 16.4 Å². The summed E-state index contributed by atoms with van der Waals surface area (Å²) in [6.45, 7) is 10.1. The lowest BCUT2D eigenvalue weighted by atomic mass is 9.66. The molecular weight excluding hydrogens is 400 g/mol. The zero-order valence-electron chi connectivity index (χ0n) is 18.2. The molecule has 1 aromatic carbocycles. The van der Waals surface area contributed by atoms with E-state index in [9.17, 15) is 19.8 Å². The monoisotopic (exact) mass is 428 g/mol. The third-order valence-corrected chi connectivity index (χ3v) is 8.63. The van der Waals surface area contributed by atoms with Gasteiger partial charge in [-0.3, -0.25) is 9.59 Å². The van der Waals surface area contributed by atoms with Crippen LogP contribution in [-0.2, 0) is 10.2 Å². The van der Waals surface area contributed by atoms with Crippen molar-refractivity contribution in [3.05, 3.63) is 46.1 Å². The summed E-state index contributed by atoms with van der Waals surface area (Å²) in [6.07, 6.45) is 4.61. The van der Waals surface area contributed by atoms with Crippen LogP contribution < -0.4 is 0 Å². The number of aromatic hydroxyl groups is 2. The van der Waals surface area contributed by atoms with Gasteiger partial charge in [0.2, 0.25) is 0 Å². The second-order valence-corrected chi connectivity index (χ2v) is 10.5. The largest absolute Gasteiger partial charge is 0.508 e. The van der Waals surface area contributed by atoms with Gasteiger partial charge in [0.25, 0.3) is 0 Å². The highest BCUT2D eigenvalue weighted by Gasteiger charge is 2.80. The number of phenols is 2. The van der Waals surface area contributed by atoms with E-state index in [0.29, 0.717) is 24.8 Å². The molecule has 5 heteroatoms. The molecule has 3 aliphatic rings. The summed E-state index contributed by atoms with van der Waals surface area (Å²) in [5.74, 6) is -1.41. The lowest BCUT2D eigenvalue weighted by Crippen LogP contribution is -2.54. The first kappa shape index (κ1) is 21.2. The van der Waals surface area contributed by atoms with Gasteiger partial charge in [-0.2, -0.15) is 0 Å². The second kappa shape index (κ2) is 6.46. The Morgan fingerprint density at radius 1 is 1.20 bits per heavy atom. The number of carbonyl (C=O) groups is 2. The molecule has 2 fully saturated rings. The standard InChI is InChI=1S/C25H29ClO4/c1-13(2)7-6-8-23(5)19-9-15(14(3)4)12-24(19)17-10-16(27)11-18(28)20(17)21(29)25(23,26)22(24)30/h7,10-11,19,27-28H,6,8-9,12H2,1-5H3/t19-,23-,24+,25-/m0/s1. The maximum atomic E-state index is 14.0. The molecule has 0 amide bonds. The van der Waals surface area contributed by atoms with Crippen LogP contribution >= 0.6 is 11.6 Å². The Morgan fingerprint density at radius 3 is 2.47 bits per heavy atom. The minimum atomic E-state index is -1.71. The van der Waals surface area contributed by atoms with Crippen molar-refractivity contribution in [1.29, 1.82) is 0 Å². The molecule has 2 saturated carbocycles. The fourth-order valence-electron chi connectivity index (χ4n) is 6.30. The molecule has 0 saturated heterocycles. The molecule has 30 heavy (non-hydrogen) atoms. The number of rotatable bonds is 3. The number of phenolic OH excluding ortho intramolecular Hbond substituents is 2. The molecule has 0 heterocycles. The normalized spacial score (nSPS) is 34.1. The average Bonchev–Trinajstić information content (AvgIpc) is 3.09. The fourth-order valence-corrected chi connectivity index (χ4v) is 6.79. The van der Waals surface area contributed by atoms with Crippen LogP contribution in [0, 0.1) is 11.3 Å². The quantitative estimate of drug-likeness (QED) is 0.373. The van der Waals surface area contributed by atoms with Gasteiger partial charge in [-0.15, -0.1) is 11.6 Å². The van der Waals surface area contributed by atoms with Crippen molar-refractivity contribution in [2.75, 3.05) is 0 Å². The van der Waals surface area contributed by atoms with Crippen LogP contribution in [0.1, 0.15) is 76.2 Å². The minimum absolute atomic E-state index is 0.105. The van der Waals surface area contributed by atoms with E-state index in [0.717, 1.165) is 12.5 Å². The Morgan fingerprint density at radius 2 is 1.87 bits per heavy atom. The number of hydrogen-bond donors (Lipinski definition) is 2. The van der Waals surface area contributed by atoms with Crippen LogP contribution in [-0.4, -0.2) is 26.7 Å². The molecule has 4 nitrogen and oxygen atoms in total. The van der Waals surface area contributed by atoms with Crippen LogP contribution in [0.4, 0.5) is 0 Å². The predicted molar refractivity (Wildman–Crippen MR) is 117 cm³/mol. The molecule has 1 aromatic rings. The number of halogens is 1. The highest BCUT2D eigenvalue weighted by atomic mass is 35.5. The number of Topliss-reactive ketones (excluding diaryl/α,β-unsaturated/α-hetero) is 2. The molecule has 1 spiro atoms. The molecule has 2 bridgehead atoms. The number of benzene rings is 1. The maximum absolute atomic E-state index is 14.0. The number of carbonyl (C=O) groups excluding carboxylic acids is 2. The molecule has 2 N–H and O–H groups in total. The van der Waals surface area contributed by atoms with Crippen molar-refractivity contribution < 1.29 is 19.8 Å². The predicted octanol–water partition coefficient (Wildman–Crippen LogP) is 5.59. The summed E-state index contributed by atoms with van der Waals surface area (Å²) in [6, 6.07) is 2.65. The lowest BCUT2D eigenvalue weighted by Gasteiger charge is -2.40. The van der Waals surface area contributed by atoms with E-state index in [1.54, 1.807) is 0 Å². The molecule has 0 unspecified atom stereocenters. The Kier molecular flexibility index (Phi) is 4.56. The van der Waals surface area contributed by atoms with E-state index in [2.05, 4.69) is 6.08 Å². The van der Waals surface area contributed by atoms with Gasteiger partial charge in [-0.05, 0) is 70.9 Å². The molecule has 4 rings (SSSR count). The molecule has 3 aliphatic carbocycles. The highest BCUT2D eigenvalue weighted by molar-refractivity contribution is 6.53. The second-order valence-electron chi connectivity index (χ2n) is 9.95. The van der Waals surface area contributed by atoms with Gasteiger partial charge in [-0.1, -0.05) is 29.7 Å². The van der Waals surface area contributed by atoms with Gasteiger partial charge < -0.3 is 10.2 Å². The van der Waals surface area contributed by atoms with E-state index in [1.165, 1.54) is 22.8 Å². The van der Waals surface area contributed by atoms with E-state index < -0.39 is 21.5 Å². The van der Waals surface area contributed by atoms with E-state index in [4.69, 9.17) is 11.6 Å². The van der Waals surface area contributed by atoms with E-state index >= 15 is 0 Å². The van der Waals surface area contributed by atoms with Crippen molar-refractivity contribution in [2.24, 2.45) is 11.3 Å². The molecule has 0 aromatic heterocycles. The van der Waals surface area contributed by atoms with Gasteiger partial charge in [-0.25, -0.2) is 0 Å². The van der Waals surface area contributed by atoms with Gasteiger partial charge >= 0.3 is 0 Å². The third kappa shape index (κ3) is 2.34. The molecule has 0 aliphatic heterocycles. The SMILES string of the molecule is CC(C)=CCC[C@@]1(C)[C@@H]2CC(=C(C)C)C[C@]23C(=O)[C@@]1(Cl)C(=O)c1c(O)cc(O)cc13. The van der Waals surface area contributed by atoms with Crippen LogP contribution in [0.2, 0.25) is 0 Å². The van der Waals surface area contributed by atoms with Crippen LogP contribution in [0.15, 0.2) is 34.9 Å². The van der Waals surface area contributed by atoms with Gasteiger partial charge in [0, 0.05) is 11.5 Å². The molecule has 160 valence electrons. The van der Waals surface area contributed by atoms with Crippen molar-refractivity contribution in [1.82, 2.24) is 0 Å². The summed E-state index contributed by atoms with van der Waals surface area (Å²) >= 11 is 7.08. The van der Waals surface area contributed by atoms with Crippen molar-refractivity contribution in [2.45, 2.75) is 70.6 Å². The first-order valence-corrected chi connectivity index (χ1v) is 10.9. The highest BCUT2D eigenvalue weighted by Crippen LogP contribution is 2.73. The zero-order chi connectivity index (χ0) is 22.2. The van der Waals surface area contributed by atoms with Crippen LogP contribution in [0.25, 0.3) is 0 Å². The van der Waals surface area contributed by atoms with Crippen LogP contribution in [0.3, 0.4) is 0 Å². The summed E-state index contributed by atoms with van der Waals surface area (Å²) < 4.78 is 0. The Hall–Kier alpha value is -2.07. The first-order chi connectivity index (χ1) is 13.9. The van der Waals surface area contributed by atoms with Crippen molar-refractivity contribution in [3.63, 3.8) is 0 Å². The average molecular weight is 429 g/mol. The summed E-state index contributed by atoms with van der Waals surface area (Å²) in [4.78, 5) is 26.0. The lowest BCUT2D eigenvalue weighted by molar-refractivity contribution is -0.124. The Labute approximate surface area is 182 Å². The van der Waals surface area contributed by atoms with Crippen molar-refractivity contribution >= 4 is 23.2 Å². The van der Waals surface area contributed by atoms with Crippen molar-refractivity contribution in [3.8, 4) is 11.5 Å². The van der Waals surface area contributed by atoms with Gasteiger partial charge in [0.05, 0.1) is 11.0 Å². The summed E-state index contributed by atoms with van der Waals surface area (Å²) in [5, 5.41) is 20.8. The fraction of sp³-hybridized carbons (Fsp3) is 0.520. The number of allylic oxidation sites excluding steroid dienone is 4. The number of alkyl halides is 1. The number of hydrogen-bond acceptors (Lipinski definition) is 4. The summed E-state index contributed by atoms with van der Waals surface area (Å²) in [5.41, 5.74) is 2.33. The smallest absolute Gasteiger partial charge is 0.195 e. The van der Waals surface area contributed by atoms with Crippen LogP contribution in [0.5, 0.6) is 11.5 Å². The Bertz CT molecular complexity index is 1040. The van der Waals surface area contributed by atoms with E-state index in [1.807, 2.05) is 34.6 Å². The molecule has 4 atom stereocenters. The first-order valence-electron chi connectivity index (χ1n) is 10.5. The zero-order valence-corrected chi connectivity index (χ0v) is 19.0. The van der Waals surface area contributed by atoms with E-state index in [-0.39, 0.29) is 28.8 Å². The molecular formula is C25H29ClO4. The maximum Gasteiger partial charge on any atom is 0.195 e. The number of ketones is 2.